The number of rotatable bonds is 5. The molecular formula is C24H29N5O3. The second-order valence-corrected chi connectivity index (χ2v) is 8.99. The minimum atomic E-state index is -0.151. The molecule has 8 heteroatoms. The first kappa shape index (κ1) is 20.6. The lowest BCUT2D eigenvalue weighted by atomic mass is 10.2. The van der Waals surface area contributed by atoms with E-state index in [1.807, 2.05) is 30.0 Å². The third kappa shape index (κ3) is 4.09. The fraction of sp³-hybridized carbons (Fsp3) is 0.458. The first-order chi connectivity index (χ1) is 15.4. The summed E-state index contributed by atoms with van der Waals surface area (Å²) in [6.45, 7) is 6.97. The maximum atomic E-state index is 13.4. The van der Waals surface area contributed by atoms with Crippen molar-refractivity contribution in [2.75, 3.05) is 43.5 Å². The summed E-state index contributed by atoms with van der Waals surface area (Å²) in [5, 5.41) is 4.32. The molecule has 1 saturated carbocycles. The molecule has 3 aromatic rings. The molecule has 2 aliphatic rings. The fourth-order valence-corrected chi connectivity index (χ4v) is 4.14. The number of aryl methyl sites for hydroxylation is 1. The van der Waals surface area contributed by atoms with Gasteiger partial charge in [-0.25, -0.2) is 4.98 Å². The molecule has 1 aliphatic carbocycles. The highest BCUT2D eigenvalue weighted by Gasteiger charge is 2.38. The van der Waals surface area contributed by atoms with E-state index in [9.17, 15) is 4.79 Å². The third-order valence-electron chi connectivity index (χ3n) is 6.35. The molecule has 1 aromatic carbocycles. The van der Waals surface area contributed by atoms with Gasteiger partial charge in [0, 0.05) is 37.4 Å². The predicted molar refractivity (Wildman–Crippen MR) is 124 cm³/mol. The van der Waals surface area contributed by atoms with Crippen LogP contribution in [0.3, 0.4) is 0 Å². The van der Waals surface area contributed by atoms with Crippen molar-refractivity contribution < 1.29 is 13.9 Å². The van der Waals surface area contributed by atoms with Crippen LogP contribution in [0.1, 0.15) is 42.6 Å². The highest BCUT2D eigenvalue weighted by molar-refractivity contribution is 5.95. The molecule has 1 saturated heterocycles. The molecule has 0 spiro atoms. The standard InChI is InChI=1S/C24H29N5O3/c1-16-15-19-20(27-24(2)9-10-24)25-21(26-22(19)32-16)23(30)29-12-4-11-28(13-14-29)17-5-7-18(31-3)8-6-17/h5-8,15H,4,9-14H2,1-3H3,(H,25,26,27). The molecular weight excluding hydrogens is 406 g/mol. The molecule has 1 amide bonds. The normalized spacial score (nSPS) is 17.8. The van der Waals surface area contributed by atoms with Crippen molar-refractivity contribution in [1.29, 1.82) is 0 Å². The monoisotopic (exact) mass is 435 g/mol. The summed E-state index contributed by atoms with van der Waals surface area (Å²) in [5.74, 6) is 2.32. The lowest BCUT2D eigenvalue weighted by molar-refractivity contribution is 0.0755. The maximum Gasteiger partial charge on any atom is 0.291 e. The van der Waals surface area contributed by atoms with Gasteiger partial charge in [0.2, 0.25) is 11.5 Å². The van der Waals surface area contributed by atoms with E-state index in [2.05, 4.69) is 39.2 Å². The van der Waals surface area contributed by atoms with E-state index in [1.54, 1.807) is 7.11 Å². The zero-order valence-corrected chi connectivity index (χ0v) is 18.9. The number of fused-ring (bicyclic) bond motifs is 1. The van der Waals surface area contributed by atoms with Crippen molar-refractivity contribution in [3.05, 3.63) is 41.9 Å². The Labute approximate surface area is 187 Å². The molecule has 0 bridgehead atoms. The van der Waals surface area contributed by atoms with Crippen molar-refractivity contribution in [2.45, 2.75) is 38.6 Å². The van der Waals surface area contributed by atoms with Crippen molar-refractivity contribution in [3.63, 3.8) is 0 Å². The van der Waals surface area contributed by atoms with Crippen LogP contribution in [-0.4, -0.2) is 59.6 Å². The molecule has 0 unspecified atom stereocenters. The Balaban J connectivity index is 1.35. The van der Waals surface area contributed by atoms with Gasteiger partial charge in [-0.2, -0.15) is 4.98 Å². The van der Waals surface area contributed by atoms with Crippen molar-refractivity contribution in [1.82, 2.24) is 14.9 Å². The summed E-state index contributed by atoms with van der Waals surface area (Å²) < 4.78 is 11.0. The number of anilines is 2. The molecule has 1 N–H and O–H groups in total. The highest BCUT2D eigenvalue weighted by Crippen LogP contribution is 2.39. The minimum absolute atomic E-state index is 0.0360. The van der Waals surface area contributed by atoms with Crippen LogP contribution >= 0.6 is 0 Å². The number of furan rings is 1. The van der Waals surface area contributed by atoms with Crippen LogP contribution in [0.4, 0.5) is 11.5 Å². The number of hydrogen-bond acceptors (Lipinski definition) is 7. The average molecular weight is 436 g/mol. The summed E-state index contributed by atoms with van der Waals surface area (Å²) in [5.41, 5.74) is 1.63. The molecule has 168 valence electrons. The van der Waals surface area contributed by atoms with E-state index in [1.165, 1.54) is 0 Å². The van der Waals surface area contributed by atoms with Crippen molar-refractivity contribution >= 4 is 28.5 Å². The Hall–Kier alpha value is -3.29. The molecule has 2 aromatic heterocycles. The predicted octanol–water partition coefficient (Wildman–Crippen LogP) is 3.86. The van der Waals surface area contributed by atoms with E-state index in [-0.39, 0.29) is 17.3 Å². The largest absolute Gasteiger partial charge is 0.497 e. The molecule has 0 atom stereocenters. The van der Waals surface area contributed by atoms with Gasteiger partial charge in [-0.1, -0.05) is 0 Å². The SMILES string of the molecule is COc1ccc(N2CCCN(C(=O)c3nc(NC4(C)CC4)c4cc(C)oc4n3)CC2)cc1. The Kier molecular flexibility index (Phi) is 5.15. The van der Waals surface area contributed by atoms with Gasteiger partial charge >= 0.3 is 0 Å². The minimum Gasteiger partial charge on any atom is -0.497 e. The lowest BCUT2D eigenvalue weighted by Gasteiger charge is -2.23. The van der Waals surface area contributed by atoms with Gasteiger partial charge in [0.05, 0.1) is 12.5 Å². The van der Waals surface area contributed by atoms with Gasteiger partial charge in [0.25, 0.3) is 5.91 Å². The van der Waals surface area contributed by atoms with E-state index in [4.69, 9.17) is 9.15 Å². The van der Waals surface area contributed by atoms with Crippen LogP contribution in [0, 0.1) is 6.92 Å². The second-order valence-electron chi connectivity index (χ2n) is 8.99. The molecule has 2 fully saturated rings. The fourth-order valence-electron chi connectivity index (χ4n) is 4.14. The first-order valence-electron chi connectivity index (χ1n) is 11.2. The Bertz CT molecular complexity index is 1140. The van der Waals surface area contributed by atoms with Gasteiger partial charge in [0.1, 0.15) is 17.3 Å². The number of carbonyl (C=O) groups is 1. The quantitative estimate of drug-likeness (QED) is 0.651. The molecule has 3 heterocycles. The molecule has 32 heavy (non-hydrogen) atoms. The summed E-state index contributed by atoms with van der Waals surface area (Å²) in [6, 6.07) is 9.97. The summed E-state index contributed by atoms with van der Waals surface area (Å²) in [4.78, 5) is 26.6. The number of hydrogen-bond donors (Lipinski definition) is 1. The van der Waals surface area contributed by atoms with E-state index >= 15 is 0 Å². The number of methoxy groups -OCH3 is 1. The maximum absolute atomic E-state index is 13.4. The number of ether oxygens (including phenoxy) is 1. The topological polar surface area (TPSA) is 83.7 Å². The number of amides is 1. The molecule has 0 radical (unpaired) electrons. The summed E-state index contributed by atoms with van der Waals surface area (Å²) in [6.07, 6.45) is 3.06. The van der Waals surface area contributed by atoms with E-state index in [0.717, 1.165) is 54.9 Å². The second kappa shape index (κ2) is 8.00. The highest BCUT2D eigenvalue weighted by atomic mass is 16.5. The number of aromatic nitrogens is 2. The van der Waals surface area contributed by atoms with Crippen LogP contribution in [0.2, 0.25) is 0 Å². The van der Waals surface area contributed by atoms with Gasteiger partial charge in [0.15, 0.2) is 0 Å². The summed E-state index contributed by atoms with van der Waals surface area (Å²) >= 11 is 0. The van der Waals surface area contributed by atoms with Crippen LogP contribution in [0.15, 0.2) is 34.7 Å². The number of benzene rings is 1. The number of carbonyl (C=O) groups excluding carboxylic acids is 1. The van der Waals surface area contributed by atoms with Gasteiger partial charge < -0.3 is 24.3 Å². The number of nitrogens with one attached hydrogen (secondary N) is 1. The molecule has 8 nitrogen and oxygen atoms in total. The van der Waals surface area contributed by atoms with Gasteiger partial charge in [-0.3, -0.25) is 4.79 Å². The Morgan fingerprint density at radius 3 is 2.62 bits per heavy atom. The third-order valence-corrected chi connectivity index (χ3v) is 6.35. The van der Waals surface area contributed by atoms with Gasteiger partial charge in [-0.05, 0) is 63.4 Å². The number of nitrogens with zero attached hydrogens (tertiary/aromatic N) is 4. The lowest BCUT2D eigenvalue weighted by Crippen LogP contribution is -2.36. The van der Waals surface area contributed by atoms with Gasteiger partial charge in [-0.15, -0.1) is 0 Å². The van der Waals surface area contributed by atoms with E-state index < -0.39 is 0 Å². The van der Waals surface area contributed by atoms with Crippen LogP contribution in [0.5, 0.6) is 5.75 Å². The van der Waals surface area contributed by atoms with Crippen LogP contribution < -0.4 is 15.0 Å². The Morgan fingerprint density at radius 2 is 1.91 bits per heavy atom. The zero-order valence-electron chi connectivity index (χ0n) is 18.9. The van der Waals surface area contributed by atoms with Crippen molar-refractivity contribution in [2.24, 2.45) is 0 Å². The molecule has 1 aliphatic heterocycles. The Morgan fingerprint density at radius 1 is 1.12 bits per heavy atom. The average Bonchev–Trinajstić information content (AvgIpc) is 3.47. The van der Waals surface area contributed by atoms with Crippen LogP contribution in [0.25, 0.3) is 11.1 Å². The molecule has 5 rings (SSSR count). The van der Waals surface area contributed by atoms with Crippen molar-refractivity contribution in [3.8, 4) is 5.75 Å². The van der Waals surface area contributed by atoms with E-state index in [0.29, 0.717) is 24.6 Å². The smallest absolute Gasteiger partial charge is 0.291 e. The van der Waals surface area contributed by atoms with Crippen LogP contribution in [-0.2, 0) is 0 Å². The summed E-state index contributed by atoms with van der Waals surface area (Å²) in [7, 11) is 1.67. The first-order valence-corrected chi connectivity index (χ1v) is 11.2. The zero-order chi connectivity index (χ0) is 22.3.